The van der Waals surface area contributed by atoms with Crippen molar-refractivity contribution < 1.29 is 0 Å². The average Bonchev–Trinajstić information content (AvgIpc) is 3.85. The first kappa shape index (κ1) is 41.4. The summed E-state index contributed by atoms with van der Waals surface area (Å²) in [6, 6.07) is 81.4. The van der Waals surface area contributed by atoms with Crippen LogP contribution in [0.15, 0.2) is 218 Å². The van der Waals surface area contributed by atoms with Crippen molar-refractivity contribution in [1.82, 2.24) is 4.57 Å². The molecule has 0 amide bonds. The molecule has 1 heterocycles. The van der Waals surface area contributed by atoms with Gasteiger partial charge in [0, 0.05) is 56.0 Å². The summed E-state index contributed by atoms with van der Waals surface area (Å²) in [7, 11) is 0. The largest absolute Gasteiger partial charge is 0.310 e. The Balaban J connectivity index is 0.812. The maximum Gasteiger partial charge on any atom is 0.0542 e. The van der Waals surface area contributed by atoms with E-state index < -0.39 is 0 Å². The van der Waals surface area contributed by atoms with Crippen LogP contribution in [0.2, 0.25) is 0 Å². The Kier molecular flexibility index (Phi) is 9.44. The molecule has 0 atom stereocenters. The van der Waals surface area contributed by atoms with Crippen LogP contribution in [0, 0.1) is 17.8 Å². The molecule has 0 radical (unpaired) electrons. The summed E-state index contributed by atoms with van der Waals surface area (Å²) < 4.78 is 2.38. The van der Waals surface area contributed by atoms with Crippen molar-refractivity contribution >= 4 is 55.9 Å². The van der Waals surface area contributed by atoms with E-state index in [0.717, 1.165) is 46.2 Å². The molecule has 3 heteroatoms. The molecule has 15 rings (SSSR count). The first-order valence-corrected chi connectivity index (χ1v) is 25.7. The molecule has 10 aromatic rings. The van der Waals surface area contributed by atoms with Crippen LogP contribution in [0.1, 0.15) is 69.1 Å². The highest BCUT2D eigenvalue weighted by Crippen LogP contribution is 2.61. The van der Waals surface area contributed by atoms with Crippen molar-refractivity contribution in [3.63, 3.8) is 0 Å². The number of aromatic nitrogens is 1. The van der Waals surface area contributed by atoms with Crippen LogP contribution in [-0.2, 0) is 10.8 Å². The summed E-state index contributed by atoms with van der Waals surface area (Å²) in [5.74, 6) is 2.78. The average molecular weight is 904 g/mol. The molecule has 4 bridgehead atoms. The van der Waals surface area contributed by atoms with E-state index in [4.69, 9.17) is 0 Å². The first-order valence-electron chi connectivity index (χ1n) is 25.7. The minimum Gasteiger partial charge on any atom is -0.310 e. The SMILES string of the molecule is CC1(C)c2ccccc2-c2ccc(N(c3ccc(-c4ccc(N(c5ccccc5)c5ccc6c(c5)c5ccccc5n6-c5ccccc5)cc4)cc3)c3ccc(C45CC6CC(CC(C6)C4)C5)cc3)cc21. The smallest absolute Gasteiger partial charge is 0.0542 e. The maximum absolute atomic E-state index is 2.50. The number of rotatable bonds is 9. The third-order valence-corrected chi connectivity index (χ3v) is 17.1. The molecule has 5 aliphatic rings. The Hall–Kier alpha value is -7.62. The molecule has 0 unspecified atom stereocenters. The van der Waals surface area contributed by atoms with Gasteiger partial charge in [-0.1, -0.05) is 135 Å². The Morgan fingerprint density at radius 3 is 1.50 bits per heavy atom. The van der Waals surface area contributed by atoms with Gasteiger partial charge in [0.2, 0.25) is 0 Å². The topological polar surface area (TPSA) is 11.4 Å². The van der Waals surface area contributed by atoms with Gasteiger partial charge in [0.25, 0.3) is 0 Å². The fourth-order valence-electron chi connectivity index (χ4n) is 14.3. The monoisotopic (exact) mass is 903 g/mol. The molecule has 3 nitrogen and oxygen atoms in total. The van der Waals surface area contributed by atoms with E-state index in [0.29, 0.717) is 5.41 Å². The Labute approximate surface area is 412 Å². The molecule has 1 aromatic heterocycles. The number of nitrogens with zero attached hydrogens (tertiary/aromatic N) is 3. The van der Waals surface area contributed by atoms with Gasteiger partial charge in [0.05, 0.1) is 11.0 Å². The van der Waals surface area contributed by atoms with E-state index in [2.05, 4.69) is 247 Å². The van der Waals surface area contributed by atoms with Crippen molar-refractivity contribution in [2.75, 3.05) is 9.80 Å². The number of hydrogen-bond acceptors (Lipinski definition) is 2. The van der Waals surface area contributed by atoms with Gasteiger partial charge in [-0.05, 0) is 198 Å². The minimum atomic E-state index is -0.0857. The van der Waals surface area contributed by atoms with Crippen LogP contribution < -0.4 is 9.80 Å². The highest BCUT2D eigenvalue weighted by molar-refractivity contribution is 6.10. The molecule has 0 saturated heterocycles. The molecule has 4 fully saturated rings. The Morgan fingerprint density at radius 2 is 0.857 bits per heavy atom. The zero-order chi connectivity index (χ0) is 46.6. The van der Waals surface area contributed by atoms with Gasteiger partial charge in [0.15, 0.2) is 0 Å². The predicted octanol–water partition coefficient (Wildman–Crippen LogP) is 18.2. The van der Waals surface area contributed by atoms with Crippen LogP contribution in [0.3, 0.4) is 0 Å². The van der Waals surface area contributed by atoms with Crippen LogP contribution in [0.5, 0.6) is 0 Å². The second-order valence-corrected chi connectivity index (χ2v) is 21.6. The van der Waals surface area contributed by atoms with E-state index in [9.17, 15) is 0 Å². The lowest BCUT2D eigenvalue weighted by Gasteiger charge is -2.57. The van der Waals surface area contributed by atoms with Crippen LogP contribution in [0.25, 0.3) is 49.7 Å². The van der Waals surface area contributed by atoms with Crippen molar-refractivity contribution in [2.45, 2.75) is 63.2 Å². The summed E-state index contributed by atoms with van der Waals surface area (Å²) in [6.07, 6.45) is 8.55. The summed E-state index contributed by atoms with van der Waals surface area (Å²) in [4.78, 5) is 4.87. The van der Waals surface area contributed by atoms with E-state index in [1.165, 1.54) is 105 Å². The van der Waals surface area contributed by atoms with E-state index in [-0.39, 0.29) is 5.41 Å². The first-order chi connectivity index (χ1) is 34.4. The van der Waals surface area contributed by atoms with Crippen molar-refractivity contribution in [1.29, 1.82) is 0 Å². The molecule has 5 aliphatic carbocycles. The standard InChI is InChI=1S/C67H57N3/c1-66(2)62-19-11-9-17-58(62)59-35-33-57(41-63(59)66)69(55-31-25-50(26-32-55)67-42-45-37-46(43-67)39-47(38-45)44-67)54-29-23-49(24-30-54)48-21-27-53(28-22-48)68(51-13-5-3-6-14-51)56-34-36-65-61(40-56)60-18-10-12-20-64(60)70(65)52-15-7-4-8-16-52/h3-36,40-41,45-47H,37-39,42-44H2,1-2H3. The summed E-state index contributed by atoms with van der Waals surface area (Å²) in [5, 5.41) is 2.48. The van der Waals surface area contributed by atoms with Crippen LogP contribution in [0.4, 0.5) is 34.1 Å². The summed E-state index contributed by atoms with van der Waals surface area (Å²) >= 11 is 0. The van der Waals surface area contributed by atoms with E-state index >= 15 is 0 Å². The maximum atomic E-state index is 2.50. The van der Waals surface area contributed by atoms with Crippen molar-refractivity contribution in [3.8, 4) is 27.9 Å². The second-order valence-electron chi connectivity index (χ2n) is 21.6. The van der Waals surface area contributed by atoms with Gasteiger partial charge >= 0.3 is 0 Å². The zero-order valence-electron chi connectivity index (χ0n) is 40.1. The Morgan fingerprint density at radius 1 is 0.386 bits per heavy atom. The number of benzene rings is 9. The molecule has 0 spiro atoms. The Bertz CT molecular complexity index is 3550. The molecular weight excluding hydrogens is 847 g/mol. The molecule has 4 saturated carbocycles. The van der Waals surface area contributed by atoms with Crippen LogP contribution >= 0.6 is 0 Å². The lowest BCUT2D eigenvalue weighted by molar-refractivity contribution is -0.00518. The molecule has 70 heavy (non-hydrogen) atoms. The lowest BCUT2D eigenvalue weighted by atomic mass is 9.48. The summed E-state index contributed by atoms with van der Waals surface area (Å²) in [6.45, 7) is 4.77. The molecule has 0 N–H and O–H groups in total. The minimum absolute atomic E-state index is 0.0857. The number of fused-ring (bicyclic) bond motifs is 6. The van der Waals surface area contributed by atoms with Gasteiger partial charge in [0.1, 0.15) is 0 Å². The molecule has 0 aliphatic heterocycles. The highest BCUT2D eigenvalue weighted by atomic mass is 15.1. The van der Waals surface area contributed by atoms with Crippen molar-refractivity contribution in [2.24, 2.45) is 17.8 Å². The van der Waals surface area contributed by atoms with E-state index in [1.807, 2.05) is 0 Å². The van der Waals surface area contributed by atoms with E-state index in [1.54, 1.807) is 5.56 Å². The number of hydrogen-bond donors (Lipinski definition) is 0. The predicted molar refractivity (Wildman–Crippen MR) is 293 cm³/mol. The second kappa shape index (κ2) is 16.0. The van der Waals surface area contributed by atoms with Gasteiger partial charge in [-0.25, -0.2) is 0 Å². The normalized spacial score (nSPS) is 20.4. The van der Waals surface area contributed by atoms with Crippen LogP contribution in [-0.4, -0.2) is 4.57 Å². The molecule has 9 aromatic carbocycles. The molecule has 340 valence electrons. The number of anilines is 6. The van der Waals surface area contributed by atoms with Gasteiger partial charge in [-0.3, -0.25) is 0 Å². The highest BCUT2D eigenvalue weighted by Gasteiger charge is 2.51. The number of para-hydroxylation sites is 3. The molecular formula is C67H57N3. The van der Waals surface area contributed by atoms with Gasteiger partial charge < -0.3 is 14.4 Å². The lowest BCUT2D eigenvalue weighted by Crippen LogP contribution is -2.48. The third kappa shape index (κ3) is 6.62. The van der Waals surface area contributed by atoms with Gasteiger partial charge in [-0.2, -0.15) is 0 Å². The van der Waals surface area contributed by atoms with Crippen molar-refractivity contribution in [3.05, 3.63) is 235 Å². The fourth-order valence-corrected chi connectivity index (χ4v) is 14.3. The fraction of sp³-hybridized carbons (Fsp3) is 0.194. The third-order valence-electron chi connectivity index (χ3n) is 17.1. The van der Waals surface area contributed by atoms with Gasteiger partial charge in [-0.15, -0.1) is 0 Å². The summed E-state index contributed by atoms with van der Waals surface area (Å²) in [5.41, 5.74) is 20.2. The quantitative estimate of drug-likeness (QED) is 0.143. The zero-order valence-corrected chi connectivity index (χ0v) is 40.1.